The standard InChI is InChI=1S/C21H38O5/c1-2-3-4-5-6-7-8-9-10-11-12-13-14-15-16-17-20(24)26-21(25)18-19(22)23/h2-18H2,1H3,(H,22,23). The van der Waals surface area contributed by atoms with Crippen molar-refractivity contribution in [1.82, 2.24) is 0 Å². The summed E-state index contributed by atoms with van der Waals surface area (Å²) in [5, 5.41) is 8.40. The molecule has 0 saturated heterocycles. The van der Waals surface area contributed by atoms with Gasteiger partial charge in [-0.3, -0.25) is 14.4 Å². The van der Waals surface area contributed by atoms with Gasteiger partial charge in [0.1, 0.15) is 6.42 Å². The Hall–Kier alpha value is -1.39. The van der Waals surface area contributed by atoms with Crippen LogP contribution in [0.25, 0.3) is 0 Å². The highest BCUT2D eigenvalue weighted by Gasteiger charge is 2.13. The summed E-state index contributed by atoms with van der Waals surface area (Å²) in [5.74, 6) is -2.89. The third kappa shape index (κ3) is 18.9. The lowest BCUT2D eigenvalue weighted by Gasteiger charge is -2.04. The number of carbonyl (C=O) groups excluding carboxylic acids is 2. The Morgan fingerprint density at radius 2 is 1.00 bits per heavy atom. The van der Waals surface area contributed by atoms with Gasteiger partial charge >= 0.3 is 17.9 Å². The lowest BCUT2D eigenvalue weighted by Crippen LogP contribution is -2.15. The van der Waals surface area contributed by atoms with Gasteiger partial charge in [-0.25, -0.2) is 0 Å². The second-order valence-corrected chi connectivity index (χ2v) is 7.12. The largest absolute Gasteiger partial charge is 0.481 e. The molecule has 0 radical (unpaired) electrons. The Labute approximate surface area is 158 Å². The van der Waals surface area contributed by atoms with Crippen molar-refractivity contribution in [3.8, 4) is 0 Å². The van der Waals surface area contributed by atoms with Crippen LogP contribution in [-0.2, 0) is 19.1 Å². The molecule has 26 heavy (non-hydrogen) atoms. The fraction of sp³-hybridized carbons (Fsp3) is 0.857. The highest BCUT2D eigenvalue weighted by molar-refractivity contribution is 5.95. The van der Waals surface area contributed by atoms with E-state index in [0.29, 0.717) is 6.42 Å². The molecule has 0 heterocycles. The molecule has 0 atom stereocenters. The van der Waals surface area contributed by atoms with E-state index in [2.05, 4.69) is 11.7 Å². The highest BCUT2D eigenvalue weighted by Crippen LogP contribution is 2.13. The monoisotopic (exact) mass is 370 g/mol. The molecule has 0 aliphatic rings. The molecule has 0 aliphatic carbocycles. The normalized spacial score (nSPS) is 10.7. The number of aliphatic carboxylic acids is 1. The van der Waals surface area contributed by atoms with Crippen molar-refractivity contribution in [2.45, 2.75) is 116 Å². The van der Waals surface area contributed by atoms with Gasteiger partial charge in [-0.05, 0) is 6.42 Å². The molecule has 0 aromatic carbocycles. The van der Waals surface area contributed by atoms with Crippen LogP contribution in [0.15, 0.2) is 0 Å². The van der Waals surface area contributed by atoms with Crippen LogP contribution < -0.4 is 0 Å². The molecule has 0 saturated carbocycles. The average molecular weight is 371 g/mol. The van der Waals surface area contributed by atoms with Gasteiger partial charge in [-0.1, -0.05) is 96.8 Å². The molecule has 0 fully saturated rings. The summed E-state index contributed by atoms with van der Waals surface area (Å²) in [5.41, 5.74) is 0. The molecule has 5 nitrogen and oxygen atoms in total. The van der Waals surface area contributed by atoms with Crippen LogP contribution in [-0.4, -0.2) is 23.0 Å². The molecule has 0 unspecified atom stereocenters. The molecular weight excluding hydrogens is 332 g/mol. The molecular formula is C21H38O5. The third-order valence-corrected chi connectivity index (χ3v) is 4.51. The molecule has 5 heteroatoms. The van der Waals surface area contributed by atoms with Crippen molar-refractivity contribution in [3.05, 3.63) is 0 Å². The Balaban J connectivity index is 3.23. The predicted molar refractivity (Wildman–Crippen MR) is 103 cm³/mol. The number of hydrogen-bond acceptors (Lipinski definition) is 4. The zero-order chi connectivity index (χ0) is 19.5. The summed E-state index contributed by atoms with van der Waals surface area (Å²) < 4.78 is 4.42. The first-order valence-electron chi connectivity index (χ1n) is 10.5. The SMILES string of the molecule is CCCCCCCCCCCCCCCCCC(=O)OC(=O)CC(=O)O. The van der Waals surface area contributed by atoms with Crippen LogP contribution in [0.2, 0.25) is 0 Å². The molecule has 0 rings (SSSR count). The second-order valence-electron chi connectivity index (χ2n) is 7.12. The zero-order valence-electron chi connectivity index (χ0n) is 16.6. The lowest BCUT2D eigenvalue weighted by atomic mass is 10.0. The smallest absolute Gasteiger partial charge is 0.324 e. The van der Waals surface area contributed by atoms with E-state index in [-0.39, 0.29) is 6.42 Å². The van der Waals surface area contributed by atoms with Gasteiger partial charge < -0.3 is 9.84 Å². The van der Waals surface area contributed by atoms with Gasteiger partial charge in [-0.2, -0.15) is 0 Å². The van der Waals surface area contributed by atoms with Gasteiger partial charge in [0.15, 0.2) is 0 Å². The van der Waals surface area contributed by atoms with Gasteiger partial charge in [0.2, 0.25) is 0 Å². The fourth-order valence-electron chi connectivity index (χ4n) is 2.98. The van der Waals surface area contributed by atoms with Gasteiger partial charge in [-0.15, -0.1) is 0 Å². The maximum absolute atomic E-state index is 11.3. The van der Waals surface area contributed by atoms with Crippen molar-refractivity contribution in [2.24, 2.45) is 0 Å². The first kappa shape index (κ1) is 24.6. The zero-order valence-corrected chi connectivity index (χ0v) is 16.6. The molecule has 1 N–H and O–H groups in total. The topological polar surface area (TPSA) is 80.7 Å². The van der Waals surface area contributed by atoms with Gasteiger partial charge in [0.05, 0.1) is 0 Å². The minimum Gasteiger partial charge on any atom is -0.481 e. The Morgan fingerprint density at radius 1 is 0.615 bits per heavy atom. The van der Waals surface area contributed by atoms with E-state index in [1.165, 1.54) is 77.0 Å². The number of carboxylic acids is 1. The third-order valence-electron chi connectivity index (χ3n) is 4.51. The van der Waals surface area contributed by atoms with E-state index < -0.39 is 24.3 Å². The molecule has 152 valence electrons. The first-order chi connectivity index (χ1) is 12.6. The minimum absolute atomic E-state index is 0.184. The number of esters is 2. The minimum atomic E-state index is -1.28. The van der Waals surface area contributed by atoms with Gasteiger partial charge in [0, 0.05) is 6.42 Å². The van der Waals surface area contributed by atoms with E-state index in [9.17, 15) is 14.4 Å². The van der Waals surface area contributed by atoms with Crippen LogP contribution in [0.4, 0.5) is 0 Å². The average Bonchev–Trinajstić information content (AvgIpc) is 2.57. The maximum Gasteiger partial charge on any atom is 0.324 e. The predicted octanol–water partition coefficient (Wildman–Crippen LogP) is 5.79. The van der Waals surface area contributed by atoms with Crippen LogP contribution >= 0.6 is 0 Å². The number of carbonyl (C=O) groups is 3. The molecule has 0 amide bonds. The summed E-state index contributed by atoms with van der Waals surface area (Å²) in [7, 11) is 0. The van der Waals surface area contributed by atoms with E-state index in [1.807, 2.05) is 0 Å². The van der Waals surface area contributed by atoms with E-state index in [1.54, 1.807) is 0 Å². The Morgan fingerprint density at radius 3 is 1.38 bits per heavy atom. The van der Waals surface area contributed by atoms with Crippen molar-refractivity contribution in [2.75, 3.05) is 0 Å². The maximum atomic E-state index is 11.3. The lowest BCUT2D eigenvalue weighted by molar-refractivity contribution is -0.161. The van der Waals surface area contributed by atoms with E-state index in [4.69, 9.17) is 5.11 Å². The first-order valence-corrected chi connectivity index (χ1v) is 10.5. The van der Waals surface area contributed by atoms with Crippen molar-refractivity contribution in [3.63, 3.8) is 0 Å². The molecule has 0 aromatic heterocycles. The number of unbranched alkanes of at least 4 members (excludes halogenated alkanes) is 14. The summed E-state index contributed by atoms with van der Waals surface area (Å²) >= 11 is 0. The fourth-order valence-corrected chi connectivity index (χ4v) is 2.98. The Kier molecular flexibility index (Phi) is 17.4. The summed E-state index contributed by atoms with van der Waals surface area (Å²) in [6, 6.07) is 0. The molecule has 0 aliphatic heterocycles. The van der Waals surface area contributed by atoms with Crippen molar-refractivity contribution >= 4 is 17.9 Å². The molecule has 0 spiro atoms. The number of carboxylic acid groups (broad SMARTS) is 1. The number of rotatable bonds is 18. The summed E-state index contributed by atoms with van der Waals surface area (Å²) in [4.78, 5) is 32.6. The second kappa shape index (κ2) is 18.4. The number of hydrogen-bond donors (Lipinski definition) is 1. The molecule has 0 bridgehead atoms. The highest BCUT2D eigenvalue weighted by atomic mass is 16.6. The van der Waals surface area contributed by atoms with E-state index in [0.717, 1.165) is 12.8 Å². The summed E-state index contributed by atoms with van der Waals surface area (Å²) in [6.45, 7) is 2.25. The van der Waals surface area contributed by atoms with Crippen LogP contribution in [0.3, 0.4) is 0 Å². The Bertz CT molecular complexity index is 379. The number of ether oxygens (including phenoxy) is 1. The summed E-state index contributed by atoms with van der Waals surface area (Å²) in [6.07, 6.45) is 18.2. The quantitative estimate of drug-likeness (QED) is 0.187. The van der Waals surface area contributed by atoms with Crippen LogP contribution in [0, 0.1) is 0 Å². The van der Waals surface area contributed by atoms with Gasteiger partial charge in [0.25, 0.3) is 0 Å². The van der Waals surface area contributed by atoms with Crippen LogP contribution in [0.5, 0.6) is 0 Å². The van der Waals surface area contributed by atoms with Crippen LogP contribution in [0.1, 0.15) is 116 Å². The van der Waals surface area contributed by atoms with E-state index >= 15 is 0 Å². The van der Waals surface area contributed by atoms with Crippen molar-refractivity contribution in [1.29, 1.82) is 0 Å². The van der Waals surface area contributed by atoms with Crippen molar-refractivity contribution < 1.29 is 24.2 Å². The molecule has 0 aromatic rings.